The number of pyridine rings is 1. The van der Waals surface area contributed by atoms with Gasteiger partial charge in [-0.1, -0.05) is 0 Å². The van der Waals surface area contributed by atoms with Gasteiger partial charge in [-0.25, -0.2) is 4.39 Å². The number of halogens is 2. The van der Waals surface area contributed by atoms with Gasteiger partial charge in [0.1, 0.15) is 5.82 Å². The van der Waals surface area contributed by atoms with Crippen LogP contribution >= 0.6 is 27.3 Å². The topological polar surface area (TPSA) is 24.9 Å². The standard InChI is InChI=1S/C11H10BrFN2S/c1-14-11(9-2-3-10(12)16-9)7-4-8(13)6-15-5-7/h2-6,11,14H,1H3. The van der Waals surface area contributed by atoms with Crippen LogP contribution in [0.5, 0.6) is 0 Å². The lowest BCUT2D eigenvalue weighted by Crippen LogP contribution is -2.16. The molecule has 0 radical (unpaired) electrons. The van der Waals surface area contributed by atoms with Crippen molar-refractivity contribution in [3.63, 3.8) is 0 Å². The molecular formula is C11H10BrFN2S. The van der Waals surface area contributed by atoms with Crippen LogP contribution in [-0.4, -0.2) is 12.0 Å². The molecule has 2 nitrogen and oxygen atoms in total. The van der Waals surface area contributed by atoms with Crippen molar-refractivity contribution in [3.05, 3.63) is 50.6 Å². The van der Waals surface area contributed by atoms with E-state index in [1.807, 2.05) is 19.2 Å². The number of nitrogens with one attached hydrogen (secondary N) is 1. The molecule has 0 amide bonds. The first-order valence-electron chi connectivity index (χ1n) is 4.73. The summed E-state index contributed by atoms with van der Waals surface area (Å²) < 4.78 is 14.2. The third-order valence-electron chi connectivity index (χ3n) is 2.23. The minimum absolute atomic E-state index is 0.0144. The highest BCUT2D eigenvalue weighted by molar-refractivity contribution is 9.11. The van der Waals surface area contributed by atoms with Crippen LogP contribution in [0.3, 0.4) is 0 Å². The summed E-state index contributed by atoms with van der Waals surface area (Å²) in [6.45, 7) is 0. The number of thiophene rings is 1. The zero-order valence-electron chi connectivity index (χ0n) is 8.58. The molecule has 0 aliphatic carbocycles. The molecular weight excluding hydrogens is 291 g/mol. The van der Waals surface area contributed by atoms with E-state index in [1.165, 1.54) is 12.3 Å². The second kappa shape index (κ2) is 5.03. The Morgan fingerprint density at radius 3 is 2.81 bits per heavy atom. The quantitative estimate of drug-likeness (QED) is 0.940. The van der Waals surface area contributed by atoms with Gasteiger partial charge in [-0.2, -0.15) is 0 Å². The highest BCUT2D eigenvalue weighted by atomic mass is 79.9. The number of nitrogens with zero attached hydrogens (tertiary/aromatic N) is 1. The van der Waals surface area contributed by atoms with Crippen LogP contribution in [0.15, 0.2) is 34.4 Å². The second-order valence-electron chi connectivity index (χ2n) is 3.30. The maximum absolute atomic E-state index is 13.1. The van der Waals surface area contributed by atoms with E-state index in [1.54, 1.807) is 17.5 Å². The van der Waals surface area contributed by atoms with Crippen LogP contribution in [0.4, 0.5) is 4.39 Å². The molecule has 5 heteroatoms. The van der Waals surface area contributed by atoms with E-state index in [4.69, 9.17) is 0 Å². The highest BCUT2D eigenvalue weighted by Gasteiger charge is 2.14. The third kappa shape index (κ3) is 2.48. The second-order valence-corrected chi connectivity index (χ2v) is 5.79. The summed E-state index contributed by atoms with van der Waals surface area (Å²) in [6, 6.07) is 5.49. The fourth-order valence-electron chi connectivity index (χ4n) is 1.54. The molecule has 0 bridgehead atoms. The SMILES string of the molecule is CNC(c1cncc(F)c1)c1ccc(Br)s1. The molecule has 0 aromatic carbocycles. The first-order chi connectivity index (χ1) is 7.70. The normalized spacial score (nSPS) is 12.7. The number of hydrogen-bond acceptors (Lipinski definition) is 3. The summed E-state index contributed by atoms with van der Waals surface area (Å²) in [4.78, 5) is 4.99. The van der Waals surface area contributed by atoms with Crippen LogP contribution in [0.2, 0.25) is 0 Å². The Hall–Kier alpha value is -0.780. The molecule has 1 atom stereocenters. The fraction of sp³-hybridized carbons (Fsp3) is 0.182. The zero-order valence-corrected chi connectivity index (χ0v) is 11.0. The van der Waals surface area contributed by atoms with E-state index in [2.05, 4.69) is 26.2 Å². The molecule has 2 aromatic heterocycles. The van der Waals surface area contributed by atoms with Crippen molar-refractivity contribution in [2.45, 2.75) is 6.04 Å². The van der Waals surface area contributed by atoms with E-state index in [9.17, 15) is 4.39 Å². The molecule has 0 aliphatic rings. The van der Waals surface area contributed by atoms with Crippen molar-refractivity contribution in [2.75, 3.05) is 7.05 Å². The van der Waals surface area contributed by atoms with Crippen LogP contribution in [0.1, 0.15) is 16.5 Å². The number of hydrogen-bond donors (Lipinski definition) is 1. The minimum atomic E-state index is -0.312. The van der Waals surface area contributed by atoms with Crippen LogP contribution in [-0.2, 0) is 0 Å². The van der Waals surface area contributed by atoms with Crippen molar-refractivity contribution in [2.24, 2.45) is 0 Å². The first kappa shape index (κ1) is 11.7. The van der Waals surface area contributed by atoms with Crippen LogP contribution < -0.4 is 5.32 Å². The predicted octanol–water partition coefficient (Wildman–Crippen LogP) is 3.35. The van der Waals surface area contributed by atoms with E-state index >= 15 is 0 Å². The van der Waals surface area contributed by atoms with Crippen LogP contribution in [0, 0.1) is 5.82 Å². The molecule has 2 rings (SSSR count). The molecule has 2 aromatic rings. The largest absolute Gasteiger partial charge is 0.309 e. The highest BCUT2D eigenvalue weighted by Crippen LogP contribution is 2.30. The third-order valence-corrected chi connectivity index (χ3v) is 3.92. The minimum Gasteiger partial charge on any atom is -0.309 e. The predicted molar refractivity (Wildman–Crippen MR) is 67.1 cm³/mol. The van der Waals surface area contributed by atoms with Crippen molar-refractivity contribution in [3.8, 4) is 0 Å². The molecule has 0 saturated heterocycles. The van der Waals surface area contributed by atoms with E-state index < -0.39 is 0 Å². The Bertz CT molecular complexity index is 486. The molecule has 1 unspecified atom stereocenters. The van der Waals surface area contributed by atoms with Gasteiger partial charge < -0.3 is 5.32 Å². The smallest absolute Gasteiger partial charge is 0.141 e. The molecule has 84 valence electrons. The molecule has 2 heterocycles. The Labute approximate surface area is 106 Å². The van der Waals surface area contributed by atoms with E-state index in [0.717, 1.165) is 14.2 Å². The first-order valence-corrected chi connectivity index (χ1v) is 6.34. The van der Waals surface area contributed by atoms with Gasteiger partial charge in [0.15, 0.2) is 0 Å². The molecule has 0 aliphatic heterocycles. The summed E-state index contributed by atoms with van der Waals surface area (Å²) in [5.74, 6) is -0.312. The Morgan fingerprint density at radius 2 is 2.25 bits per heavy atom. The van der Waals surface area contributed by atoms with Crippen LogP contribution in [0.25, 0.3) is 0 Å². The fourth-order valence-corrected chi connectivity index (χ4v) is 3.10. The van der Waals surface area contributed by atoms with Crippen molar-refractivity contribution >= 4 is 27.3 Å². The van der Waals surface area contributed by atoms with Gasteiger partial charge in [-0.15, -0.1) is 11.3 Å². The maximum Gasteiger partial charge on any atom is 0.141 e. The molecule has 0 fully saturated rings. The lowest BCUT2D eigenvalue weighted by Gasteiger charge is -2.14. The Morgan fingerprint density at radius 1 is 1.44 bits per heavy atom. The van der Waals surface area contributed by atoms with E-state index in [0.29, 0.717) is 0 Å². The number of aromatic nitrogens is 1. The number of rotatable bonds is 3. The van der Waals surface area contributed by atoms with Crippen molar-refractivity contribution in [1.29, 1.82) is 0 Å². The maximum atomic E-state index is 13.1. The summed E-state index contributed by atoms with van der Waals surface area (Å²) in [6.07, 6.45) is 2.89. The van der Waals surface area contributed by atoms with E-state index in [-0.39, 0.29) is 11.9 Å². The van der Waals surface area contributed by atoms with Gasteiger partial charge in [-0.05, 0) is 46.7 Å². The lowest BCUT2D eigenvalue weighted by molar-refractivity contribution is 0.610. The molecule has 0 saturated carbocycles. The van der Waals surface area contributed by atoms with Crippen molar-refractivity contribution < 1.29 is 4.39 Å². The van der Waals surface area contributed by atoms with Gasteiger partial charge in [0, 0.05) is 11.1 Å². The molecule has 16 heavy (non-hydrogen) atoms. The zero-order chi connectivity index (χ0) is 11.5. The summed E-state index contributed by atoms with van der Waals surface area (Å²) >= 11 is 5.04. The lowest BCUT2D eigenvalue weighted by atomic mass is 10.1. The summed E-state index contributed by atoms with van der Waals surface area (Å²) in [7, 11) is 1.85. The van der Waals surface area contributed by atoms with Gasteiger partial charge in [-0.3, -0.25) is 4.98 Å². The van der Waals surface area contributed by atoms with Crippen molar-refractivity contribution in [1.82, 2.24) is 10.3 Å². The molecule has 0 spiro atoms. The Balaban J connectivity index is 2.36. The van der Waals surface area contributed by atoms with Gasteiger partial charge in [0.2, 0.25) is 0 Å². The average molecular weight is 301 g/mol. The average Bonchev–Trinajstić information content (AvgIpc) is 2.66. The summed E-state index contributed by atoms with van der Waals surface area (Å²) in [5.41, 5.74) is 0.830. The summed E-state index contributed by atoms with van der Waals surface area (Å²) in [5, 5.41) is 3.16. The monoisotopic (exact) mass is 300 g/mol. The van der Waals surface area contributed by atoms with Gasteiger partial charge in [0.05, 0.1) is 16.0 Å². The van der Waals surface area contributed by atoms with Gasteiger partial charge in [0.25, 0.3) is 0 Å². The molecule has 1 N–H and O–H groups in total. The van der Waals surface area contributed by atoms with Gasteiger partial charge >= 0.3 is 0 Å². The Kier molecular flexibility index (Phi) is 3.68.